The van der Waals surface area contributed by atoms with E-state index in [4.69, 9.17) is 4.74 Å². The molecule has 3 aliphatic rings. The first-order valence-electron chi connectivity index (χ1n) is 15.5. The molecule has 0 aromatic heterocycles. The van der Waals surface area contributed by atoms with Crippen LogP contribution in [-0.4, -0.2) is 18.9 Å². The van der Waals surface area contributed by atoms with Gasteiger partial charge in [-0.15, -0.1) is 0 Å². The molecule has 33 heavy (non-hydrogen) atoms. The summed E-state index contributed by atoms with van der Waals surface area (Å²) in [6, 6.07) is 0. The molecule has 2 heteroatoms. The fourth-order valence-corrected chi connectivity index (χ4v) is 7.58. The fraction of sp³-hybridized carbons (Fsp3) is 1.00. The second kappa shape index (κ2) is 15.8. The third kappa shape index (κ3) is 9.46. The number of hydrogen-bond acceptors (Lipinski definition) is 1. The van der Waals surface area contributed by atoms with Crippen LogP contribution in [0.4, 0.5) is 4.39 Å². The molecule has 0 amide bonds. The van der Waals surface area contributed by atoms with Crippen molar-refractivity contribution in [2.45, 2.75) is 161 Å². The van der Waals surface area contributed by atoms with Crippen LogP contribution in [0, 0.1) is 29.6 Å². The zero-order valence-corrected chi connectivity index (χ0v) is 22.4. The lowest BCUT2D eigenvalue weighted by Crippen LogP contribution is -2.37. The van der Waals surface area contributed by atoms with Crippen molar-refractivity contribution >= 4 is 0 Å². The highest BCUT2D eigenvalue weighted by molar-refractivity contribution is 4.90. The zero-order chi connectivity index (χ0) is 23.3. The van der Waals surface area contributed by atoms with E-state index in [1.807, 2.05) is 0 Å². The first kappa shape index (κ1) is 27.5. The maximum absolute atomic E-state index is 15.4. The van der Waals surface area contributed by atoms with E-state index in [0.29, 0.717) is 23.9 Å². The summed E-state index contributed by atoms with van der Waals surface area (Å²) in [5.41, 5.74) is 0. The van der Waals surface area contributed by atoms with Crippen molar-refractivity contribution in [3.63, 3.8) is 0 Å². The number of alkyl halides is 1. The number of ether oxygens (including phenoxy) is 1. The summed E-state index contributed by atoms with van der Waals surface area (Å²) < 4.78 is 21.6. The Hall–Kier alpha value is -0.110. The van der Waals surface area contributed by atoms with Crippen LogP contribution in [0.15, 0.2) is 0 Å². The fourth-order valence-electron chi connectivity index (χ4n) is 7.58. The number of hydrogen-bond donors (Lipinski definition) is 0. The van der Waals surface area contributed by atoms with Gasteiger partial charge in [0.15, 0.2) is 0 Å². The Morgan fingerprint density at radius 3 is 1.91 bits per heavy atom. The molecule has 0 aliphatic heterocycles. The summed E-state index contributed by atoms with van der Waals surface area (Å²) in [6.07, 6.45) is 27.3. The summed E-state index contributed by atoms with van der Waals surface area (Å²) in [6.45, 7) is 5.52. The molecule has 0 aromatic carbocycles. The topological polar surface area (TPSA) is 9.23 Å². The van der Waals surface area contributed by atoms with E-state index in [-0.39, 0.29) is 0 Å². The second-order valence-corrected chi connectivity index (χ2v) is 12.2. The molecule has 3 atom stereocenters. The minimum absolute atomic E-state index is 0.353. The molecular weight excluding hydrogens is 407 g/mol. The Bertz CT molecular complexity index is 477. The monoisotopic (exact) mass is 464 g/mol. The molecule has 0 radical (unpaired) electrons. The zero-order valence-electron chi connectivity index (χ0n) is 22.4. The summed E-state index contributed by atoms with van der Waals surface area (Å²) >= 11 is 0. The quantitative estimate of drug-likeness (QED) is 0.232. The Balaban J connectivity index is 1.27. The van der Waals surface area contributed by atoms with Crippen LogP contribution in [0.1, 0.15) is 149 Å². The highest BCUT2D eigenvalue weighted by Crippen LogP contribution is 2.47. The van der Waals surface area contributed by atoms with Gasteiger partial charge in [-0.1, -0.05) is 84.5 Å². The Morgan fingerprint density at radius 1 is 0.606 bits per heavy atom. The predicted molar refractivity (Wildman–Crippen MR) is 140 cm³/mol. The van der Waals surface area contributed by atoms with Crippen LogP contribution in [-0.2, 0) is 4.74 Å². The van der Waals surface area contributed by atoms with Crippen molar-refractivity contribution in [1.82, 2.24) is 0 Å². The van der Waals surface area contributed by atoms with Crippen molar-refractivity contribution in [1.29, 1.82) is 0 Å². The van der Waals surface area contributed by atoms with E-state index in [1.165, 1.54) is 122 Å². The highest BCUT2D eigenvalue weighted by Gasteiger charge is 2.40. The first-order chi connectivity index (χ1) is 16.2. The Labute approximate surface area is 206 Å². The van der Waals surface area contributed by atoms with Crippen LogP contribution in [0.25, 0.3) is 0 Å². The van der Waals surface area contributed by atoms with Gasteiger partial charge in [0, 0.05) is 6.61 Å². The molecule has 194 valence electrons. The van der Waals surface area contributed by atoms with Crippen LogP contribution < -0.4 is 0 Å². The molecule has 3 fully saturated rings. The lowest BCUT2D eigenvalue weighted by atomic mass is 9.64. The van der Waals surface area contributed by atoms with Crippen molar-refractivity contribution in [2.75, 3.05) is 6.61 Å². The normalized spacial score (nSPS) is 35.5. The van der Waals surface area contributed by atoms with Gasteiger partial charge in [0.25, 0.3) is 0 Å². The van der Waals surface area contributed by atoms with E-state index in [1.54, 1.807) is 0 Å². The van der Waals surface area contributed by atoms with Crippen molar-refractivity contribution in [2.24, 2.45) is 29.6 Å². The highest BCUT2D eigenvalue weighted by atomic mass is 19.1. The molecule has 0 bridgehead atoms. The van der Waals surface area contributed by atoms with E-state index >= 15 is 4.39 Å². The molecule has 0 aromatic rings. The molecule has 0 saturated heterocycles. The van der Waals surface area contributed by atoms with Gasteiger partial charge in [-0.3, -0.25) is 0 Å². The molecule has 3 unspecified atom stereocenters. The van der Waals surface area contributed by atoms with Crippen LogP contribution in [0.2, 0.25) is 0 Å². The molecule has 1 nitrogen and oxygen atoms in total. The predicted octanol–water partition coefficient (Wildman–Crippen LogP) is 10.1. The lowest BCUT2D eigenvalue weighted by molar-refractivity contribution is -0.0122. The first-order valence-corrected chi connectivity index (χ1v) is 15.5. The molecule has 0 N–H and O–H groups in total. The molecule has 3 rings (SSSR count). The van der Waals surface area contributed by atoms with E-state index in [2.05, 4.69) is 13.8 Å². The third-order valence-corrected chi connectivity index (χ3v) is 9.81. The molecule has 3 saturated carbocycles. The van der Waals surface area contributed by atoms with Gasteiger partial charge in [0.2, 0.25) is 0 Å². The van der Waals surface area contributed by atoms with Gasteiger partial charge in [-0.2, -0.15) is 0 Å². The average molecular weight is 465 g/mol. The van der Waals surface area contributed by atoms with Gasteiger partial charge < -0.3 is 4.74 Å². The standard InChI is InChI=1S/C31H57FO/c1-3-5-7-8-9-11-23-33-29-20-17-27(18-21-29)30-22-19-28(24-31(30)32)26-15-13-25(14-16-26)12-10-6-4-2/h25-31H,3-24H2,1-2H3. The summed E-state index contributed by atoms with van der Waals surface area (Å²) in [4.78, 5) is 0. The van der Waals surface area contributed by atoms with Crippen LogP contribution in [0.3, 0.4) is 0 Å². The number of halogens is 1. The molecule has 0 spiro atoms. The van der Waals surface area contributed by atoms with Crippen molar-refractivity contribution in [3.05, 3.63) is 0 Å². The largest absolute Gasteiger partial charge is 0.378 e. The Morgan fingerprint density at radius 2 is 1.21 bits per heavy atom. The second-order valence-electron chi connectivity index (χ2n) is 12.2. The summed E-state index contributed by atoms with van der Waals surface area (Å²) in [5.74, 6) is 3.47. The lowest BCUT2D eigenvalue weighted by Gasteiger charge is -2.43. The van der Waals surface area contributed by atoms with Gasteiger partial charge in [0.05, 0.1) is 6.10 Å². The Kier molecular flexibility index (Phi) is 13.2. The van der Waals surface area contributed by atoms with E-state index < -0.39 is 6.17 Å². The van der Waals surface area contributed by atoms with Gasteiger partial charge in [-0.25, -0.2) is 4.39 Å². The van der Waals surface area contributed by atoms with Gasteiger partial charge in [-0.05, 0) is 93.8 Å². The SMILES string of the molecule is CCCCCCCCOC1CCC(C2CCC(C3CCC(CCCCC)CC3)CC2F)CC1. The van der Waals surface area contributed by atoms with Gasteiger partial charge >= 0.3 is 0 Å². The van der Waals surface area contributed by atoms with E-state index in [9.17, 15) is 0 Å². The van der Waals surface area contributed by atoms with Crippen LogP contribution in [0.5, 0.6) is 0 Å². The maximum Gasteiger partial charge on any atom is 0.103 e. The van der Waals surface area contributed by atoms with Crippen LogP contribution >= 0.6 is 0 Å². The maximum atomic E-state index is 15.4. The smallest absolute Gasteiger partial charge is 0.103 e. The minimum atomic E-state index is -0.531. The molecular formula is C31H57FO. The minimum Gasteiger partial charge on any atom is -0.378 e. The van der Waals surface area contributed by atoms with Crippen molar-refractivity contribution < 1.29 is 9.13 Å². The average Bonchev–Trinajstić information content (AvgIpc) is 2.84. The van der Waals surface area contributed by atoms with E-state index in [0.717, 1.165) is 31.3 Å². The number of unbranched alkanes of at least 4 members (excludes halogenated alkanes) is 7. The summed E-state index contributed by atoms with van der Waals surface area (Å²) in [7, 11) is 0. The van der Waals surface area contributed by atoms with Gasteiger partial charge in [0.1, 0.15) is 6.17 Å². The summed E-state index contributed by atoms with van der Waals surface area (Å²) in [5, 5.41) is 0. The number of rotatable bonds is 14. The molecule has 0 heterocycles. The molecule has 3 aliphatic carbocycles. The third-order valence-electron chi connectivity index (χ3n) is 9.81. The van der Waals surface area contributed by atoms with Crippen molar-refractivity contribution in [3.8, 4) is 0 Å².